The Morgan fingerprint density at radius 1 is 1.50 bits per heavy atom. The molecule has 1 amide bonds. The maximum Gasteiger partial charge on any atom is 0.306 e. The minimum Gasteiger partial charge on any atom is -0.469 e. The van der Waals surface area contributed by atoms with E-state index in [2.05, 4.69) is 9.72 Å². The number of methoxy groups -OCH3 is 1. The highest BCUT2D eigenvalue weighted by molar-refractivity contribution is 7.09. The number of rotatable bonds is 6. The van der Waals surface area contributed by atoms with Crippen LogP contribution in [-0.4, -0.2) is 34.9 Å². The molecule has 1 aromatic heterocycles. The van der Waals surface area contributed by atoms with Gasteiger partial charge in [-0.25, -0.2) is 4.98 Å². The van der Waals surface area contributed by atoms with Crippen molar-refractivity contribution in [3.63, 3.8) is 0 Å². The summed E-state index contributed by atoms with van der Waals surface area (Å²) in [6, 6.07) is 0.332. The first-order valence-corrected chi connectivity index (χ1v) is 6.83. The van der Waals surface area contributed by atoms with Crippen LogP contribution in [0.15, 0.2) is 11.6 Å². The number of aromatic nitrogens is 1. The molecule has 1 fully saturated rings. The van der Waals surface area contributed by atoms with Crippen LogP contribution in [-0.2, 0) is 20.9 Å². The van der Waals surface area contributed by atoms with E-state index in [4.69, 9.17) is 0 Å². The quantitative estimate of drug-likeness (QED) is 0.735. The third-order valence-corrected chi connectivity index (χ3v) is 3.63. The Balaban J connectivity index is 1.89. The second-order valence-electron chi connectivity index (χ2n) is 4.25. The summed E-state index contributed by atoms with van der Waals surface area (Å²) in [6.07, 6.45) is 4.21. The maximum atomic E-state index is 12.1. The molecule has 0 saturated heterocycles. The van der Waals surface area contributed by atoms with E-state index >= 15 is 0 Å². The van der Waals surface area contributed by atoms with Gasteiger partial charge in [-0.3, -0.25) is 9.59 Å². The van der Waals surface area contributed by atoms with Crippen LogP contribution in [0.25, 0.3) is 0 Å². The topological polar surface area (TPSA) is 59.5 Å². The molecule has 5 nitrogen and oxygen atoms in total. The first-order chi connectivity index (χ1) is 8.70. The van der Waals surface area contributed by atoms with E-state index in [1.807, 2.05) is 10.3 Å². The van der Waals surface area contributed by atoms with Crippen molar-refractivity contribution < 1.29 is 14.3 Å². The molecule has 1 saturated carbocycles. The van der Waals surface area contributed by atoms with E-state index in [0.717, 1.165) is 17.8 Å². The summed E-state index contributed by atoms with van der Waals surface area (Å²) in [7, 11) is 1.33. The van der Waals surface area contributed by atoms with E-state index in [1.165, 1.54) is 7.11 Å². The van der Waals surface area contributed by atoms with Gasteiger partial charge in [0.2, 0.25) is 5.91 Å². The monoisotopic (exact) mass is 268 g/mol. The number of carbonyl (C=O) groups is 2. The summed E-state index contributed by atoms with van der Waals surface area (Å²) in [6.45, 7) is 0.558. The Bertz CT molecular complexity index is 415. The van der Waals surface area contributed by atoms with Gasteiger partial charge in [0.25, 0.3) is 0 Å². The molecule has 0 aromatic carbocycles. The number of hydrogen-bond donors (Lipinski definition) is 0. The summed E-state index contributed by atoms with van der Waals surface area (Å²) in [5, 5.41) is 2.84. The van der Waals surface area contributed by atoms with Crippen LogP contribution in [0.3, 0.4) is 0 Å². The Kier molecular flexibility index (Phi) is 4.30. The highest BCUT2D eigenvalue weighted by atomic mass is 32.1. The summed E-state index contributed by atoms with van der Waals surface area (Å²) >= 11 is 1.55. The van der Waals surface area contributed by atoms with Crippen LogP contribution in [0.2, 0.25) is 0 Å². The zero-order valence-corrected chi connectivity index (χ0v) is 11.1. The Morgan fingerprint density at radius 2 is 2.28 bits per heavy atom. The highest BCUT2D eigenvalue weighted by Crippen LogP contribution is 2.29. The van der Waals surface area contributed by atoms with Gasteiger partial charge in [0.05, 0.1) is 20.1 Å². The van der Waals surface area contributed by atoms with Gasteiger partial charge >= 0.3 is 5.97 Å². The number of ether oxygens (including phenoxy) is 1. The van der Waals surface area contributed by atoms with Crippen LogP contribution >= 0.6 is 11.3 Å². The van der Waals surface area contributed by atoms with Gasteiger partial charge in [0.15, 0.2) is 0 Å². The van der Waals surface area contributed by atoms with E-state index < -0.39 is 0 Å². The molecule has 0 spiro atoms. The number of hydrogen-bond acceptors (Lipinski definition) is 5. The average Bonchev–Trinajstić information content (AvgIpc) is 3.09. The zero-order valence-electron chi connectivity index (χ0n) is 10.3. The molecule has 98 valence electrons. The van der Waals surface area contributed by atoms with Gasteiger partial charge in [-0.15, -0.1) is 11.3 Å². The standard InChI is InChI=1S/C12H16N2O3S/c1-17-12(16)5-4-11(15)14(9-2-3-9)8-10-13-6-7-18-10/h6-7,9H,2-5,8H2,1H3. The fourth-order valence-electron chi connectivity index (χ4n) is 1.74. The van der Waals surface area contributed by atoms with Crippen molar-refractivity contribution in [3.05, 3.63) is 16.6 Å². The van der Waals surface area contributed by atoms with Crippen LogP contribution in [0.5, 0.6) is 0 Å². The molecule has 0 unspecified atom stereocenters. The SMILES string of the molecule is COC(=O)CCC(=O)N(Cc1nccs1)C1CC1. The molecule has 1 heterocycles. The van der Waals surface area contributed by atoms with Gasteiger partial charge in [-0.1, -0.05) is 0 Å². The molecule has 1 aliphatic rings. The lowest BCUT2D eigenvalue weighted by molar-refractivity contribution is -0.143. The molecule has 0 aliphatic heterocycles. The first-order valence-electron chi connectivity index (χ1n) is 5.95. The Morgan fingerprint density at radius 3 is 2.83 bits per heavy atom. The minimum atomic E-state index is -0.339. The van der Waals surface area contributed by atoms with Crippen molar-refractivity contribution in [2.75, 3.05) is 7.11 Å². The predicted molar refractivity (Wildman–Crippen MR) is 66.9 cm³/mol. The van der Waals surface area contributed by atoms with E-state index in [9.17, 15) is 9.59 Å². The summed E-state index contributed by atoms with van der Waals surface area (Å²) in [5.41, 5.74) is 0. The minimum absolute atomic E-state index is 0.0121. The van der Waals surface area contributed by atoms with Crippen molar-refractivity contribution in [3.8, 4) is 0 Å². The lowest BCUT2D eigenvalue weighted by Gasteiger charge is -2.21. The lowest BCUT2D eigenvalue weighted by Crippen LogP contribution is -2.32. The lowest BCUT2D eigenvalue weighted by atomic mass is 10.2. The molecule has 0 bridgehead atoms. The van der Waals surface area contributed by atoms with Gasteiger partial charge in [0.1, 0.15) is 5.01 Å². The van der Waals surface area contributed by atoms with Crippen molar-refractivity contribution in [2.24, 2.45) is 0 Å². The van der Waals surface area contributed by atoms with Crippen LogP contribution in [0.1, 0.15) is 30.7 Å². The fraction of sp³-hybridized carbons (Fsp3) is 0.583. The summed E-state index contributed by atoms with van der Waals surface area (Å²) in [4.78, 5) is 29.1. The van der Waals surface area contributed by atoms with E-state index in [1.54, 1.807) is 17.5 Å². The Hall–Kier alpha value is -1.43. The molecule has 1 aliphatic carbocycles. The van der Waals surface area contributed by atoms with Crippen molar-refractivity contribution in [1.29, 1.82) is 0 Å². The first kappa shape index (κ1) is 13.0. The molecule has 0 N–H and O–H groups in total. The number of thiazole rings is 1. The fourth-order valence-corrected chi connectivity index (χ4v) is 2.35. The number of amides is 1. The van der Waals surface area contributed by atoms with Crippen LogP contribution in [0, 0.1) is 0 Å². The van der Waals surface area contributed by atoms with E-state index in [-0.39, 0.29) is 24.7 Å². The number of carbonyl (C=O) groups excluding carboxylic acids is 2. The second-order valence-corrected chi connectivity index (χ2v) is 5.23. The van der Waals surface area contributed by atoms with Crippen molar-refractivity contribution >= 4 is 23.2 Å². The van der Waals surface area contributed by atoms with Gasteiger partial charge < -0.3 is 9.64 Å². The zero-order chi connectivity index (χ0) is 13.0. The molecule has 0 radical (unpaired) electrons. The van der Waals surface area contributed by atoms with Gasteiger partial charge in [-0.2, -0.15) is 0 Å². The van der Waals surface area contributed by atoms with Crippen molar-refractivity contribution in [1.82, 2.24) is 9.88 Å². The predicted octanol–water partition coefficient (Wildman–Crippen LogP) is 1.59. The number of esters is 1. The largest absolute Gasteiger partial charge is 0.469 e. The second kappa shape index (κ2) is 5.95. The smallest absolute Gasteiger partial charge is 0.306 e. The van der Waals surface area contributed by atoms with Gasteiger partial charge in [-0.05, 0) is 12.8 Å². The summed E-state index contributed by atoms with van der Waals surface area (Å²) in [5.74, 6) is -0.327. The van der Waals surface area contributed by atoms with Gasteiger partial charge in [0, 0.05) is 24.0 Å². The molecule has 0 atom stereocenters. The molecule has 6 heteroatoms. The van der Waals surface area contributed by atoms with Crippen molar-refractivity contribution in [2.45, 2.75) is 38.3 Å². The third-order valence-electron chi connectivity index (χ3n) is 2.87. The molecule has 1 aromatic rings. The van der Waals surface area contributed by atoms with Crippen LogP contribution < -0.4 is 0 Å². The Labute approximate surface area is 110 Å². The normalized spacial score (nSPS) is 14.3. The molecular weight excluding hydrogens is 252 g/mol. The average molecular weight is 268 g/mol. The molecular formula is C12H16N2O3S. The molecule has 2 rings (SSSR count). The third kappa shape index (κ3) is 3.53. The van der Waals surface area contributed by atoms with Crippen LogP contribution in [0.4, 0.5) is 0 Å². The maximum absolute atomic E-state index is 12.1. The molecule has 18 heavy (non-hydrogen) atoms. The summed E-state index contributed by atoms with van der Waals surface area (Å²) < 4.78 is 4.54. The van der Waals surface area contributed by atoms with E-state index in [0.29, 0.717) is 12.6 Å². The number of nitrogens with zero attached hydrogens (tertiary/aromatic N) is 2. The highest BCUT2D eigenvalue weighted by Gasteiger charge is 2.32.